The van der Waals surface area contributed by atoms with E-state index in [0.717, 1.165) is 31.9 Å². The maximum Gasteiger partial charge on any atom is 0.240 e. The van der Waals surface area contributed by atoms with E-state index in [1.54, 1.807) is 6.07 Å². The van der Waals surface area contributed by atoms with Gasteiger partial charge in [-0.05, 0) is 19.2 Å². The lowest BCUT2D eigenvalue weighted by atomic mass is 10.2. The number of nitrogens with zero attached hydrogens (tertiary/aromatic N) is 2. The van der Waals surface area contributed by atoms with Crippen LogP contribution in [0.25, 0.3) is 0 Å². The van der Waals surface area contributed by atoms with Crippen molar-refractivity contribution >= 4 is 21.4 Å². The second kappa shape index (κ2) is 4.75. The highest BCUT2D eigenvalue weighted by Crippen LogP contribution is 2.29. The van der Waals surface area contributed by atoms with Crippen LogP contribution in [0.5, 0.6) is 0 Å². The van der Waals surface area contributed by atoms with Crippen molar-refractivity contribution in [2.75, 3.05) is 43.9 Å². The third-order valence-corrected chi connectivity index (χ3v) is 4.16. The Morgan fingerprint density at radius 3 is 2.33 bits per heavy atom. The average molecular weight is 270 g/mol. The number of rotatable bonds is 2. The Morgan fingerprint density at radius 2 is 1.78 bits per heavy atom. The molecule has 2 rings (SSSR count). The molecule has 18 heavy (non-hydrogen) atoms. The smallest absolute Gasteiger partial charge is 0.240 e. The molecule has 1 heterocycles. The van der Waals surface area contributed by atoms with E-state index in [4.69, 9.17) is 10.9 Å². The summed E-state index contributed by atoms with van der Waals surface area (Å²) in [5.41, 5.74) is 6.91. The lowest BCUT2D eigenvalue weighted by molar-refractivity contribution is 0.313. The number of nitrogen functional groups attached to an aromatic ring is 1. The number of para-hydroxylation sites is 1. The summed E-state index contributed by atoms with van der Waals surface area (Å²) in [6.07, 6.45) is 0. The van der Waals surface area contributed by atoms with E-state index in [1.165, 1.54) is 6.07 Å². The molecule has 1 aliphatic rings. The van der Waals surface area contributed by atoms with E-state index < -0.39 is 10.0 Å². The number of nitrogens with two attached hydrogens (primary N) is 2. The second-order valence-corrected chi connectivity index (χ2v) is 6.05. The number of anilines is 2. The summed E-state index contributed by atoms with van der Waals surface area (Å²) in [6, 6.07) is 4.93. The minimum atomic E-state index is -3.77. The zero-order valence-electron chi connectivity index (χ0n) is 10.3. The quantitative estimate of drug-likeness (QED) is 0.718. The zero-order valence-corrected chi connectivity index (χ0v) is 11.2. The molecule has 1 saturated heterocycles. The fourth-order valence-electron chi connectivity index (χ4n) is 2.10. The molecule has 0 bridgehead atoms. The van der Waals surface area contributed by atoms with Crippen LogP contribution in [0.1, 0.15) is 0 Å². The lowest BCUT2D eigenvalue weighted by Gasteiger charge is -2.34. The Bertz CT molecular complexity index is 536. The number of hydrogen-bond acceptors (Lipinski definition) is 5. The van der Waals surface area contributed by atoms with Gasteiger partial charge in [0.1, 0.15) is 4.90 Å². The molecule has 100 valence electrons. The summed E-state index contributed by atoms with van der Waals surface area (Å²) in [7, 11) is -1.71. The summed E-state index contributed by atoms with van der Waals surface area (Å²) >= 11 is 0. The zero-order chi connectivity index (χ0) is 13.3. The summed E-state index contributed by atoms with van der Waals surface area (Å²) in [5, 5.41) is 5.14. The Labute approximate surface area is 107 Å². The van der Waals surface area contributed by atoms with Crippen molar-refractivity contribution in [1.82, 2.24) is 4.90 Å². The number of piperazine rings is 1. The summed E-state index contributed by atoms with van der Waals surface area (Å²) in [6.45, 7) is 3.52. The van der Waals surface area contributed by atoms with Crippen molar-refractivity contribution in [2.24, 2.45) is 5.14 Å². The van der Waals surface area contributed by atoms with Crippen LogP contribution in [0.2, 0.25) is 0 Å². The molecule has 7 heteroatoms. The number of benzene rings is 1. The van der Waals surface area contributed by atoms with Crippen molar-refractivity contribution in [1.29, 1.82) is 0 Å². The van der Waals surface area contributed by atoms with Gasteiger partial charge in [0.2, 0.25) is 10.0 Å². The van der Waals surface area contributed by atoms with Gasteiger partial charge < -0.3 is 15.5 Å². The Morgan fingerprint density at radius 1 is 1.17 bits per heavy atom. The van der Waals surface area contributed by atoms with Gasteiger partial charge in [0.05, 0.1) is 11.4 Å². The molecule has 6 nitrogen and oxygen atoms in total. The molecule has 0 amide bonds. The van der Waals surface area contributed by atoms with E-state index in [-0.39, 0.29) is 10.6 Å². The maximum absolute atomic E-state index is 11.4. The van der Waals surface area contributed by atoms with Gasteiger partial charge in [-0.25, -0.2) is 13.6 Å². The van der Waals surface area contributed by atoms with Gasteiger partial charge in [-0.15, -0.1) is 0 Å². The number of hydrogen-bond donors (Lipinski definition) is 2. The summed E-state index contributed by atoms with van der Waals surface area (Å²) in [4.78, 5) is 4.30. The van der Waals surface area contributed by atoms with Gasteiger partial charge in [0.15, 0.2) is 0 Å². The molecule has 0 atom stereocenters. The van der Waals surface area contributed by atoms with Crippen LogP contribution in [0.3, 0.4) is 0 Å². The molecule has 1 aromatic carbocycles. The van der Waals surface area contributed by atoms with Gasteiger partial charge in [-0.3, -0.25) is 0 Å². The number of primary sulfonamides is 1. The molecule has 1 fully saturated rings. The Hall–Kier alpha value is -1.31. The molecule has 0 aliphatic carbocycles. The maximum atomic E-state index is 11.4. The number of likely N-dealkylation sites (N-methyl/N-ethyl adjacent to an activating group) is 1. The van der Waals surface area contributed by atoms with Crippen LogP contribution in [-0.4, -0.2) is 46.5 Å². The Kier molecular flexibility index (Phi) is 3.47. The van der Waals surface area contributed by atoms with Crippen molar-refractivity contribution in [2.45, 2.75) is 4.90 Å². The third kappa shape index (κ3) is 2.58. The number of sulfonamides is 1. The molecule has 1 aromatic rings. The molecule has 1 aliphatic heterocycles. The van der Waals surface area contributed by atoms with Crippen LogP contribution >= 0.6 is 0 Å². The SMILES string of the molecule is CN1CCN(c2cccc(S(N)(=O)=O)c2N)CC1. The van der Waals surface area contributed by atoms with Crippen molar-refractivity contribution < 1.29 is 8.42 Å². The summed E-state index contributed by atoms with van der Waals surface area (Å²) in [5.74, 6) is 0. The normalized spacial score (nSPS) is 18.0. The molecule has 0 radical (unpaired) electrons. The fraction of sp³-hybridized carbons (Fsp3) is 0.455. The monoisotopic (exact) mass is 270 g/mol. The fourth-order valence-corrected chi connectivity index (χ4v) is 2.78. The minimum absolute atomic E-state index is 0.000993. The van der Waals surface area contributed by atoms with Gasteiger partial charge >= 0.3 is 0 Å². The van der Waals surface area contributed by atoms with Crippen LogP contribution in [0.15, 0.2) is 23.1 Å². The summed E-state index contributed by atoms with van der Waals surface area (Å²) < 4.78 is 22.8. The first kappa shape index (κ1) is 13.1. The molecule has 0 unspecified atom stereocenters. The standard InChI is InChI=1S/C11H18N4O2S/c1-14-5-7-15(8-6-14)9-3-2-4-10(11(9)12)18(13,16)17/h2-4H,5-8,12H2,1H3,(H2,13,16,17). The highest BCUT2D eigenvalue weighted by Gasteiger charge is 2.20. The van der Waals surface area contributed by atoms with Crippen molar-refractivity contribution in [3.05, 3.63) is 18.2 Å². The average Bonchev–Trinajstić information content (AvgIpc) is 2.29. The van der Waals surface area contributed by atoms with E-state index in [2.05, 4.69) is 16.8 Å². The lowest BCUT2D eigenvalue weighted by Crippen LogP contribution is -2.44. The van der Waals surface area contributed by atoms with E-state index in [9.17, 15) is 8.42 Å². The first-order valence-corrected chi connectivity index (χ1v) is 7.29. The first-order valence-electron chi connectivity index (χ1n) is 5.74. The van der Waals surface area contributed by atoms with Gasteiger partial charge in [0.25, 0.3) is 0 Å². The molecular formula is C11H18N4O2S. The van der Waals surface area contributed by atoms with E-state index >= 15 is 0 Å². The third-order valence-electron chi connectivity index (χ3n) is 3.19. The van der Waals surface area contributed by atoms with Crippen LogP contribution in [-0.2, 0) is 10.0 Å². The topological polar surface area (TPSA) is 92.7 Å². The predicted octanol–water partition coefficient (Wildman–Crippen LogP) is -0.332. The van der Waals surface area contributed by atoms with Crippen molar-refractivity contribution in [3.8, 4) is 0 Å². The van der Waals surface area contributed by atoms with Crippen LogP contribution in [0.4, 0.5) is 11.4 Å². The van der Waals surface area contributed by atoms with Crippen LogP contribution < -0.4 is 15.8 Å². The van der Waals surface area contributed by atoms with Gasteiger partial charge in [-0.2, -0.15) is 0 Å². The first-order chi connectivity index (χ1) is 8.39. The minimum Gasteiger partial charge on any atom is -0.396 e. The highest BCUT2D eigenvalue weighted by molar-refractivity contribution is 7.89. The highest BCUT2D eigenvalue weighted by atomic mass is 32.2. The molecule has 0 spiro atoms. The largest absolute Gasteiger partial charge is 0.396 e. The molecule has 0 aromatic heterocycles. The molecular weight excluding hydrogens is 252 g/mol. The Balaban J connectivity index is 2.35. The van der Waals surface area contributed by atoms with Crippen molar-refractivity contribution in [3.63, 3.8) is 0 Å². The second-order valence-electron chi connectivity index (χ2n) is 4.52. The molecule has 4 N–H and O–H groups in total. The predicted molar refractivity (Wildman–Crippen MR) is 71.9 cm³/mol. The van der Waals surface area contributed by atoms with Gasteiger partial charge in [-0.1, -0.05) is 6.07 Å². The van der Waals surface area contributed by atoms with E-state index in [1.807, 2.05) is 6.07 Å². The molecule has 0 saturated carbocycles. The van der Waals surface area contributed by atoms with Crippen LogP contribution in [0, 0.1) is 0 Å². The van der Waals surface area contributed by atoms with Gasteiger partial charge in [0, 0.05) is 26.2 Å². The van der Waals surface area contributed by atoms with E-state index in [0.29, 0.717) is 0 Å².